The van der Waals surface area contributed by atoms with Crippen molar-refractivity contribution in [3.63, 3.8) is 0 Å². The summed E-state index contributed by atoms with van der Waals surface area (Å²) in [4.78, 5) is 4.61. The number of guanidine groups is 1. The molecule has 0 atom stereocenters. The van der Waals surface area contributed by atoms with Gasteiger partial charge in [0.05, 0.1) is 6.54 Å². The first-order valence-electron chi connectivity index (χ1n) is 7.42. The van der Waals surface area contributed by atoms with Crippen LogP contribution in [-0.2, 0) is 13.1 Å². The van der Waals surface area contributed by atoms with E-state index < -0.39 is 0 Å². The number of rotatable bonds is 5. The fourth-order valence-electron chi connectivity index (χ4n) is 2.23. The van der Waals surface area contributed by atoms with Gasteiger partial charge in [-0.1, -0.05) is 12.1 Å². The highest BCUT2D eigenvalue weighted by Gasteiger charge is 2.04. The standard InChI is InChI=1S/C17H23N3OS/c1-4-18-17(19-9-14-5-6-22-11-14)20-10-15-7-12(2)16(21)13(3)8-15/h5-8,11,21H,4,9-10H2,1-3H3,(H2,18,19,20). The Morgan fingerprint density at radius 1 is 1.18 bits per heavy atom. The molecule has 2 aromatic rings. The Balaban J connectivity index is 2.03. The molecule has 0 saturated heterocycles. The van der Waals surface area contributed by atoms with Crippen molar-refractivity contribution in [3.05, 3.63) is 51.2 Å². The van der Waals surface area contributed by atoms with Crippen molar-refractivity contribution in [3.8, 4) is 5.75 Å². The molecule has 4 nitrogen and oxygen atoms in total. The second-order valence-corrected chi connectivity index (χ2v) is 6.04. The maximum atomic E-state index is 9.82. The largest absolute Gasteiger partial charge is 0.507 e. The second kappa shape index (κ2) is 7.84. The van der Waals surface area contributed by atoms with Gasteiger partial charge in [-0.05, 0) is 59.9 Å². The summed E-state index contributed by atoms with van der Waals surface area (Å²) in [6.07, 6.45) is 0. The van der Waals surface area contributed by atoms with Crippen molar-refractivity contribution in [1.29, 1.82) is 0 Å². The molecule has 0 fully saturated rings. The van der Waals surface area contributed by atoms with E-state index in [1.165, 1.54) is 5.56 Å². The molecule has 0 spiro atoms. The third kappa shape index (κ3) is 4.49. The number of benzene rings is 1. The Labute approximate surface area is 135 Å². The van der Waals surface area contributed by atoms with Crippen molar-refractivity contribution in [2.75, 3.05) is 6.54 Å². The lowest BCUT2D eigenvalue weighted by Gasteiger charge is -2.11. The van der Waals surface area contributed by atoms with Crippen LogP contribution in [0.3, 0.4) is 0 Å². The number of phenolic OH excluding ortho intramolecular Hbond substituents is 1. The van der Waals surface area contributed by atoms with Crippen LogP contribution < -0.4 is 10.6 Å². The summed E-state index contributed by atoms with van der Waals surface area (Å²) < 4.78 is 0. The molecule has 22 heavy (non-hydrogen) atoms. The first kappa shape index (κ1) is 16.4. The van der Waals surface area contributed by atoms with Gasteiger partial charge in [-0.3, -0.25) is 0 Å². The number of aromatic hydroxyl groups is 1. The smallest absolute Gasteiger partial charge is 0.191 e. The molecule has 0 aliphatic heterocycles. The van der Waals surface area contributed by atoms with Crippen LogP contribution in [0.1, 0.15) is 29.2 Å². The van der Waals surface area contributed by atoms with Gasteiger partial charge in [0.25, 0.3) is 0 Å². The molecule has 0 aliphatic carbocycles. The molecule has 0 saturated carbocycles. The summed E-state index contributed by atoms with van der Waals surface area (Å²) in [6, 6.07) is 6.07. The zero-order valence-corrected chi connectivity index (χ0v) is 14.1. The van der Waals surface area contributed by atoms with Gasteiger partial charge < -0.3 is 15.7 Å². The van der Waals surface area contributed by atoms with Gasteiger partial charge in [-0.25, -0.2) is 4.99 Å². The average Bonchev–Trinajstić information content (AvgIpc) is 3.01. The van der Waals surface area contributed by atoms with Crippen molar-refractivity contribution in [2.45, 2.75) is 33.9 Å². The molecule has 1 aromatic heterocycles. The van der Waals surface area contributed by atoms with Crippen LogP contribution in [0.5, 0.6) is 5.75 Å². The normalized spacial score (nSPS) is 11.5. The van der Waals surface area contributed by atoms with E-state index in [0.29, 0.717) is 12.3 Å². The number of phenols is 1. The van der Waals surface area contributed by atoms with E-state index in [-0.39, 0.29) is 0 Å². The van der Waals surface area contributed by atoms with Gasteiger partial charge in [0.2, 0.25) is 0 Å². The fraction of sp³-hybridized carbons (Fsp3) is 0.353. The predicted octanol–water partition coefficient (Wildman–Crippen LogP) is 3.33. The Morgan fingerprint density at radius 2 is 1.91 bits per heavy atom. The van der Waals surface area contributed by atoms with Crippen LogP contribution in [0.4, 0.5) is 0 Å². The first-order chi connectivity index (χ1) is 10.6. The molecule has 3 N–H and O–H groups in total. The lowest BCUT2D eigenvalue weighted by molar-refractivity contribution is 0.466. The maximum absolute atomic E-state index is 9.82. The molecule has 0 radical (unpaired) electrons. The molecule has 1 aromatic carbocycles. The fourth-order valence-corrected chi connectivity index (χ4v) is 2.90. The van der Waals surface area contributed by atoms with Crippen molar-refractivity contribution in [1.82, 2.24) is 10.6 Å². The summed E-state index contributed by atoms with van der Waals surface area (Å²) in [6.45, 7) is 8.05. The number of aliphatic imine (C=N–C) groups is 1. The quantitative estimate of drug-likeness (QED) is 0.586. The number of hydrogen-bond donors (Lipinski definition) is 3. The Hall–Kier alpha value is -2.01. The Morgan fingerprint density at radius 3 is 2.50 bits per heavy atom. The number of aryl methyl sites for hydroxylation is 2. The summed E-state index contributed by atoms with van der Waals surface area (Å²) in [5, 5.41) is 20.6. The van der Waals surface area contributed by atoms with Crippen LogP contribution in [0.2, 0.25) is 0 Å². The Bertz CT molecular complexity index is 612. The minimum Gasteiger partial charge on any atom is -0.507 e. The van der Waals surface area contributed by atoms with E-state index in [4.69, 9.17) is 0 Å². The van der Waals surface area contributed by atoms with Crippen LogP contribution in [0.25, 0.3) is 0 Å². The third-order valence-corrected chi connectivity index (χ3v) is 4.09. The zero-order valence-electron chi connectivity index (χ0n) is 13.3. The third-order valence-electron chi connectivity index (χ3n) is 3.35. The van der Waals surface area contributed by atoms with Crippen LogP contribution >= 0.6 is 11.3 Å². The van der Waals surface area contributed by atoms with Gasteiger partial charge in [0.1, 0.15) is 5.75 Å². The highest BCUT2D eigenvalue weighted by atomic mass is 32.1. The first-order valence-corrected chi connectivity index (χ1v) is 8.36. The maximum Gasteiger partial charge on any atom is 0.191 e. The van der Waals surface area contributed by atoms with Gasteiger partial charge in [-0.2, -0.15) is 11.3 Å². The van der Waals surface area contributed by atoms with Crippen LogP contribution in [0, 0.1) is 13.8 Å². The molecule has 0 unspecified atom stereocenters. The van der Waals surface area contributed by atoms with E-state index >= 15 is 0 Å². The zero-order chi connectivity index (χ0) is 15.9. The summed E-state index contributed by atoms with van der Waals surface area (Å²) in [5.74, 6) is 1.17. The summed E-state index contributed by atoms with van der Waals surface area (Å²) in [5.41, 5.74) is 4.13. The lowest BCUT2D eigenvalue weighted by atomic mass is 10.1. The van der Waals surface area contributed by atoms with Gasteiger partial charge in [0, 0.05) is 13.1 Å². The Kier molecular flexibility index (Phi) is 5.83. The van der Waals surface area contributed by atoms with E-state index in [2.05, 4.69) is 39.4 Å². The summed E-state index contributed by atoms with van der Waals surface area (Å²) >= 11 is 1.70. The van der Waals surface area contributed by atoms with Gasteiger partial charge >= 0.3 is 0 Å². The van der Waals surface area contributed by atoms with Gasteiger partial charge in [0.15, 0.2) is 5.96 Å². The molecule has 2 rings (SSSR count). The molecule has 5 heteroatoms. The second-order valence-electron chi connectivity index (χ2n) is 5.26. The number of nitrogens with one attached hydrogen (secondary N) is 2. The molecule has 0 aliphatic rings. The van der Waals surface area contributed by atoms with Gasteiger partial charge in [-0.15, -0.1) is 0 Å². The van der Waals surface area contributed by atoms with Crippen molar-refractivity contribution in [2.24, 2.45) is 4.99 Å². The highest BCUT2D eigenvalue weighted by Crippen LogP contribution is 2.23. The number of hydrogen-bond acceptors (Lipinski definition) is 3. The topological polar surface area (TPSA) is 56.7 Å². The summed E-state index contributed by atoms with van der Waals surface area (Å²) in [7, 11) is 0. The number of thiophene rings is 1. The average molecular weight is 317 g/mol. The van der Waals surface area contributed by atoms with E-state index in [9.17, 15) is 5.11 Å². The van der Waals surface area contributed by atoms with Crippen LogP contribution in [-0.4, -0.2) is 17.6 Å². The van der Waals surface area contributed by atoms with E-state index in [0.717, 1.165) is 35.7 Å². The minimum atomic E-state index is 0.371. The SMILES string of the molecule is CCNC(=NCc1cc(C)c(O)c(C)c1)NCc1ccsc1. The van der Waals surface area contributed by atoms with Crippen molar-refractivity contribution < 1.29 is 5.11 Å². The molecule has 0 amide bonds. The molecular formula is C17H23N3OS. The molecular weight excluding hydrogens is 294 g/mol. The lowest BCUT2D eigenvalue weighted by Crippen LogP contribution is -2.36. The predicted molar refractivity (Wildman–Crippen MR) is 93.6 cm³/mol. The number of nitrogens with zero attached hydrogens (tertiary/aromatic N) is 1. The minimum absolute atomic E-state index is 0.371. The monoisotopic (exact) mass is 317 g/mol. The molecule has 1 heterocycles. The van der Waals surface area contributed by atoms with Crippen LogP contribution in [0.15, 0.2) is 34.0 Å². The van der Waals surface area contributed by atoms with E-state index in [1.807, 2.05) is 26.0 Å². The van der Waals surface area contributed by atoms with Crippen molar-refractivity contribution >= 4 is 17.3 Å². The molecule has 0 bridgehead atoms. The van der Waals surface area contributed by atoms with E-state index in [1.54, 1.807) is 11.3 Å². The highest BCUT2D eigenvalue weighted by molar-refractivity contribution is 7.07. The molecule has 118 valence electrons.